The zero-order chi connectivity index (χ0) is 14.2. The summed E-state index contributed by atoms with van der Waals surface area (Å²) >= 11 is 5.68. The Morgan fingerprint density at radius 3 is 2.74 bits per heavy atom. The Kier molecular flexibility index (Phi) is 3.23. The Labute approximate surface area is 111 Å². The van der Waals surface area contributed by atoms with Crippen LogP contribution in [0.3, 0.4) is 0 Å². The fourth-order valence-electron chi connectivity index (χ4n) is 1.61. The molecular formula is C12H7ClFN3O2. The third-order valence-electron chi connectivity index (χ3n) is 2.59. The number of halogens is 2. The zero-order valence-electron chi connectivity index (χ0n) is 9.70. The molecule has 19 heavy (non-hydrogen) atoms. The largest absolute Gasteiger partial charge is 0.334 e. The van der Waals surface area contributed by atoms with Crippen molar-refractivity contribution in [1.82, 2.24) is 9.55 Å². The Balaban J connectivity index is 2.89. The monoisotopic (exact) mass is 279 g/mol. The summed E-state index contributed by atoms with van der Waals surface area (Å²) in [6.07, 6.45) is 0. The van der Waals surface area contributed by atoms with E-state index in [1.165, 1.54) is 13.0 Å². The van der Waals surface area contributed by atoms with Crippen molar-refractivity contribution in [3.63, 3.8) is 0 Å². The van der Waals surface area contributed by atoms with Crippen LogP contribution in [0.2, 0.25) is 5.15 Å². The van der Waals surface area contributed by atoms with E-state index in [1.54, 1.807) is 6.07 Å². The molecule has 96 valence electrons. The van der Waals surface area contributed by atoms with E-state index in [2.05, 4.69) is 4.98 Å². The molecule has 0 aliphatic rings. The van der Waals surface area contributed by atoms with Gasteiger partial charge in [0.15, 0.2) is 0 Å². The van der Waals surface area contributed by atoms with E-state index >= 15 is 0 Å². The quantitative estimate of drug-likeness (QED) is 0.804. The summed E-state index contributed by atoms with van der Waals surface area (Å²) < 4.78 is 13.8. The van der Waals surface area contributed by atoms with Gasteiger partial charge in [0.1, 0.15) is 17.0 Å². The van der Waals surface area contributed by atoms with Gasteiger partial charge in [0, 0.05) is 0 Å². The fourth-order valence-corrected chi connectivity index (χ4v) is 1.77. The van der Waals surface area contributed by atoms with Crippen LogP contribution in [-0.2, 0) is 0 Å². The first-order valence-corrected chi connectivity index (χ1v) is 5.55. The van der Waals surface area contributed by atoms with Crippen LogP contribution in [0.25, 0.3) is 5.69 Å². The molecule has 7 heteroatoms. The number of rotatable bonds is 1. The van der Waals surface area contributed by atoms with Crippen molar-refractivity contribution in [2.24, 2.45) is 0 Å². The van der Waals surface area contributed by atoms with Gasteiger partial charge in [0.05, 0.1) is 16.8 Å². The van der Waals surface area contributed by atoms with Crippen LogP contribution < -0.4 is 11.2 Å². The maximum atomic E-state index is 13.0. The van der Waals surface area contributed by atoms with Gasteiger partial charge in [0.25, 0.3) is 5.56 Å². The lowest BCUT2D eigenvalue weighted by atomic mass is 10.2. The summed E-state index contributed by atoms with van der Waals surface area (Å²) in [6.45, 7) is 1.44. The molecule has 1 N–H and O–H groups in total. The zero-order valence-corrected chi connectivity index (χ0v) is 10.5. The predicted octanol–water partition coefficient (Wildman–Crippen LogP) is 1.50. The van der Waals surface area contributed by atoms with Crippen LogP contribution in [0.1, 0.15) is 11.1 Å². The summed E-state index contributed by atoms with van der Waals surface area (Å²) in [5.41, 5.74) is -1.42. The lowest BCUT2D eigenvalue weighted by Crippen LogP contribution is -2.35. The summed E-state index contributed by atoms with van der Waals surface area (Å²) in [5, 5.41) is 8.88. The van der Waals surface area contributed by atoms with Gasteiger partial charge in [-0.25, -0.2) is 13.8 Å². The Morgan fingerprint density at radius 2 is 2.11 bits per heavy atom. The van der Waals surface area contributed by atoms with Gasteiger partial charge in [-0.2, -0.15) is 5.26 Å². The Bertz CT molecular complexity index is 817. The average molecular weight is 280 g/mol. The van der Waals surface area contributed by atoms with Gasteiger partial charge in [-0.15, -0.1) is 0 Å². The molecule has 0 bridgehead atoms. The molecule has 2 rings (SSSR count). The number of nitrogens with zero attached hydrogens (tertiary/aromatic N) is 2. The second kappa shape index (κ2) is 4.71. The summed E-state index contributed by atoms with van der Waals surface area (Å²) in [5.74, 6) is -0.629. The normalized spacial score (nSPS) is 10.2. The highest BCUT2D eigenvalue weighted by Crippen LogP contribution is 2.13. The van der Waals surface area contributed by atoms with Gasteiger partial charge in [-0.3, -0.25) is 9.78 Å². The van der Waals surface area contributed by atoms with Crippen LogP contribution in [0.4, 0.5) is 4.39 Å². The average Bonchev–Trinajstić information content (AvgIpc) is 2.37. The minimum atomic E-state index is -0.788. The van der Waals surface area contributed by atoms with Crippen LogP contribution in [-0.4, -0.2) is 9.55 Å². The molecule has 0 atom stereocenters. The lowest BCUT2D eigenvalue weighted by Gasteiger charge is -2.08. The summed E-state index contributed by atoms with van der Waals surface area (Å²) in [7, 11) is 0. The molecule has 1 aromatic heterocycles. The molecule has 0 unspecified atom stereocenters. The molecule has 1 aromatic carbocycles. The van der Waals surface area contributed by atoms with Crippen molar-refractivity contribution in [3.05, 3.63) is 61.1 Å². The third kappa shape index (κ3) is 2.16. The number of nitrogens with one attached hydrogen (secondary N) is 1. The van der Waals surface area contributed by atoms with E-state index in [0.29, 0.717) is 0 Å². The minimum Gasteiger partial charge on any atom is -0.297 e. The van der Waals surface area contributed by atoms with E-state index in [1.807, 2.05) is 0 Å². The smallest absolute Gasteiger partial charge is 0.297 e. The van der Waals surface area contributed by atoms with E-state index in [9.17, 15) is 14.0 Å². The van der Waals surface area contributed by atoms with Crippen LogP contribution in [0.5, 0.6) is 0 Å². The molecule has 0 aliphatic heterocycles. The SMILES string of the molecule is Cc1c(Cl)[nH]c(=O)n(-c2ccc(F)cc2C#N)c1=O. The molecule has 0 amide bonds. The van der Waals surface area contributed by atoms with Crippen molar-refractivity contribution >= 4 is 11.6 Å². The van der Waals surface area contributed by atoms with Crippen LogP contribution >= 0.6 is 11.6 Å². The molecule has 1 heterocycles. The number of benzene rings is 1. The highest BCUT2D eigenvalue weighted by atomic mass is 35.5. The molecule has 2 aromatic rings. The van der Waals surface area contributed by atoms with Gasteiger partial charge in [-0.05, 0) is 25.1 Å². The first-order valence-electron chi connectivity index (χ1n) is 5.17. The molecule has 0 spiro atoms. The molecule has 0 radical (unpaired) electrons. The maximum absolute atomic E-state index is 13.0. The standard InChI is InChI=1S/C12H7ClFN3O2/c1-6-10(13)16-12(19)17(11(6)18)9-3-2-8(14)4-7(9)5-15/h2-4H,1H3,(H,16,19). The third-order valence-corrected chi connectivity index (χ3v) is 2.97. The number of aromatic nitrogens is 2. The minimum absolute atomic E-state index is 0.00918. The number of aromatic amines is 1. The van der Waals surface area contributed by atoms with Crippen LogP contribution in [0, 0.1) is 24.1 Å². The van der Waals surface area contributed by atoms with Crippen molar-refractivity contribution in [2.45, 2.75) is 6.92 Å². The number of nitriles is 1. The molecule has 5 nitrogen and oxygen atoms in total. The Hall–Kier alpha value is -2.39. The number of hydrogen-bond donors (Lipinski definition) is 1. The summed E-state index contributed by atoms with van der Waals surface area (Å²) in [6, 6.07) is 4.94. The molecule has 0 saturated carbocycles. The number of H-pyrrole nitrogens is 1. The van der Waals surface area contributed by atoms with Crippen molar-refractivity contribution in [3.8, 4) is 11.8 Å². The second-order valence-corrected chi connectivity index (χ2v) is 4.16. The molecule has 0 saturated heterocycles. The maximum Gasteiger partial charge on any atom is 0.334 e. The van der Waals surface area contributed by atoms with Gasteiger partial charge in [-0.1, -0.05) is 11.6 Å². The van der Waals surface area contributed by atoms with E-state index in [-0.39, 0.29) is 22.0 Å². The van der Waals surface area contributed by atoms with Crippen LogP contribution in [0.15, 0.2) is 27.8 Å². The van der Waals surface area contributed by atoms with Gasteiger partial charge in [0.2, 0.25) is 0 Å². The summed E-state index contributed by atoms with van der Waals surface area (Å²) in [4.78, 5) is 26.1. The van der Waals surface area contributed by atoms with E-state index in [4.69, 9.17) is 16.9 Å². The fraction of sp³-hybridized carbons (Fsp3) is 0.0833. The topological polar surface area (TPSA) is 78.7 Å². The second-order valence-electron chi connectivity index (χ2n) is 3.78. The lowest BCUT2D eigenvalue weighted by molar-refractivity contribution is 0.626. The van der Waals surface area contributed by atoms with Gasteiger partial charge < -0.3 is 0 Å². The predicted molar refractivity (Wildman–Crippen MR) is 67.1 cm³/mol. The van der Waals surface area contributed by atoms with Crippen molar-refractivity contribution in [1.29, 1.82) is 5.26 Å². The van der Waals surface area contributed by atoms with E-state index < -0.39 is 17.1 Å². The highest BCUT2D eigenvalue weighted by molar-refractivity contribution is 6.30. The van der Waals surface area contributed by atoms with E-state index in [0.717, 1.165) is 16.7 Å². The molecular weight excluding hydrogens is 273 g/mol. The van der Waals surface area contributed by atoms with Crippen molar-refractivity contribution < 1.29 is 4.39 Å². The first-order chi connectivity index (χ1) is 8.95. The molecule has 0 aliphatic carbocycles. The molecule has 0 fully saturated rings. The Morgan fingerprint density at radius 1 is 1.42 bits per heavy atom. The number of hydrogen-bond acceptors (Lipinski definition) is 3. The van der Waals surface area contributed by atoms with Gasteiger partial charge >= 0.3 is 5.69 Å². The highest BCUT2D eigenvalue weighted by Gasteiger charge is 2.14. The van der Waals surface area contributed by atoms with Crippen molar-refractivity contribution in [2.75, 3.05) is 0 Å². The first kappa shape index (κ1) is 13.1.